The van der Waals surface area contributed by atoms with E-state index in [1.54, 1.807) is 0 Å². The van der Waals surface area contributed by atoms with Gasteiger partial charge in [0.1, 0.15) is 0 Å². The van der Waals surface area contributed by atoms with Gasteiger partial charge in [-0.1, -0.05) is 0 Å². The Kier molecular flexibility index (Phi) is 3.09. The van der Waals surface area contributed by atoms with Crippen molar-refractivity contribution in [1.29, 1.82) is 5.26 Å². The van der Waals surface area contributed by atoms with Gasteiger partial charge in [-0.05, 0) is 12.8 Å². The molecule has 0 fully saturated rings. The molecule has 0 aliphatic carbocycles. The second-order valence-corrected chi connectivity index (χ2v) is 1.60. The second kappa shape index (κ2) is 3.59. The molecule has 0 aromatic carbocycles. The van der Waals surface area contributed by atoms with Crippen molar-refractivity contribution in [3.8, 4) is 6.19 Å². The Labute approximate surface area is 65.8 Å². The topological polar surface area (TPSA) is 111 Å². The number of rotatable bonds is 1. The molecule has 0 aromatic rings. The standard InChI is InChI=1S/C2H2N4O4S/c3-1-4(6(9)10)2(7)5(8)11/h8,11H. The Morgan fingerprint density at radius 3 is 2.36 bits per heavy atom. The molecular formula is C2H2N4O4S. The Hall–Kier alpha value is -1.53. The lowest BCUT2D eigenvalue weighted by molar-refractivity contribution is -0.615. The second-order valence-electron chi connectivity index (χ2n) is 1.22. The highest BCUT2D eigenvalue weighted by Gasteiger charge is 2.27. The number of nitro groups is 1. The van der Waals surface area contributed by atoms with Gasteiger partial charge in [-0.15, -0.1) is 4.47 Å². The summed E-state index contributed by atoms with van der Waals surface area (Å²) in [6.45, 7) is 0. The summed E-state index contributed by atoms with van der Waals surface area (Å²) in [6.07, 6.45) is 0.917. The largest absolute Gasteiger partial charge is 0.429 e. The summed E-state index contributed by atoms with van der Waals surface area (Å²) >= 11 is 3.02. The van der Waals surface area contributed by atoms with Crippen LogP contribution in [0, 0.1) is 21.6 Å². The van der Waals surface area contributed by atoms with Gasteiger partial charge in [-0.3, -0.25) is 5.21 Å². The molecule has 60 valence electrons. The first-order chi connectivity index (χ1) is 5.00. The number of hydroxylamine groups is 1. The Morgan fingerprint density at radius 1 is 1.82 bits per heavy atom. The number of nitriles is 1. The average Bonchev–Trinajstić information content (AvgIpc) is 1.88. The minimum absolute atomic E-state index is 0.369. The average molecular weight is 178 g/mol. The molecule has 0 rings (SSSR count). The molecule has 0 heterocycles. The zero-order chi connectivity index (χ0) is 9.02. The first-order valence-electron chi connectivity index (χ1n) is 2.06. The van der Waals surface area contributed by atoms with Gasteiger partial charge in [0, 0.05) is 0 Å². The van der Waals surface area contributed by atoms with Crippen LogP contribution in [0.5, 0.6) is 0 Å². The van der Waals surface area contributed by atoms with Crippen LogP contribution in [0.4, 0.5) is 4.79 Å². The van der Waals surface area contributed by atoms with Crippen LogP contribution in [0.3, 0.4) is 0 Å². The maximum absolute atomic E-state index is 10.4. The van der Waals surface area contributed by atoms with E-state index in [2.05, 4.69) is 12.8 Å². The SMILES string of the molecule is N#CN(C(=O)N(O)S)[N+](=O)[O-]. The van der Waals surface area contributed by atoms with Gasteiger partial charge in [0.05, 0.1) is 5.01 Å². The van der Waals surface area contributed by atoms with E-state index in [9.17, 15) is 14.9 Å². The quantitative estimate of drug-likeness (QED) is 0.142. The van der Waals surface area contributed by atoms with Crippen molar-refractivity contribution in [1.82, 2.24) is 9.48 Å². The molecule has 0 saturated carbocycles. The van der Waals surface area contributed by atoms with E-state index >= 15 is 0 Å². The van der Waals surface area contributed by atoms with Crippen LogP contribution in [-0.4, -0.2) is 25.7 Å². The number of hydrogen-bond acceptors (Lipinski definition) is 6. The van der Waals surface area contributed by atoms with E-state index in [4.69, 9.17) is 10.5 Å². The molecule has 0 bridgehead atoms. The van der Waals surface area contributed by atoms with Gasteiger partial charge in [0.25, 0.3) is 6.19 Å². The molecule has 0 unspecified atom stereocenters. The zero-order valence-corrected chi connectivity index (χ0v) is 5.80. The smallest absolute Gasteiger partial charge is 0.274 e. The third-order valence-corrected chi connectivity index (χ3v) is 0.781. The molecule has 8 nitrogen and oxygen atoms in total. The number of thiol groups is 1. The lowest BCUT2D eigenvalue weighted by Crippen LogP contribution is -2.37. The van der Waals surface area contributed by atoms with Crippen molar-refractivity contribution in [3.63, 3.8) is 0 Å². The van der Waals surface area contributed by atoms with Crippen molar-refractivity contribution in [2.24, 2.45) is 0 Å². The maximum atomic E-state index is 10.4. The Balaban J connectivity index is 4.43. The molecule has 0 aliphatic rings. The van der Waals surface area contributed by atoms with Crippen LogP contribution in [0.2, 0.25) is 0 Å². The van der Waals surface area contributed by atoms with Gasteiger partial charge in [0.15, 0.2) is 5.03 Å². The van der Waals surface area contributed by atoms with E-state index < -0.39 is 16.1 Å². The first kappa shape index (κ1) is 9.47. The number of carbonyl (C=O) groups is 1. The summed E-state index contributed by atoms with van der Waals surface area (Å²) in [5.41, 5.74) is 0. The zero-order valence-electron chi connectivity index (χ0n) is 4.91. The van der Waals surface area contributed by atoms with Gasteiger partial charge < -0.3 is 0 Å². The maximum Gasteiger partial charge on any atom is 0.429 e. The monoisotopic (exact) mass is 178 g/mol. The lowest BCUT2D eigenvalue weighted by Gasteiger charge is -2.06. The van der Waals surface area contributed by atoms with Crippen LogP contribution in [0.1, 0.15) is 0 Å². The van der Waals surface area contributed by atoms with Crippen LogP contribution in [0.15, 0.2) is 0 Å². The van der Waals surface area contributed by atoms with Gasteiger partial charge in [-0.2, -0.15) is 5.26 Å². The lowest BCUT2D eigenvalue weighted by atomic mass is 11.0. The highest BCUT2D eigenvalue weighted by Crippen LogP contribution is 1.96. The van der Waals surface area contributed by atoms with Gasteiger partial charge in [-0.25, -0.2) is 14.9 Å². The normalized spacial score (nSPS) is 8.09. The van der Waals surface area contributed by atoms with Crippen molar-refractivity contribution in [2.45, 2.75) is 0 Å². The molecule has 0 atom stereocenters. The summed E-state index contributed by atoms with van der Waals surface area (Å²) in [4.78, 5) is 20.2. The van der Waals surface area contributed by atoms with E-state index in [0.29, 0.717) is 0 Å². The summed E-state index contributed by atoms with van der Waals surface area (Å²) in [5.74, 6) is 0. The molecule has 0 aromatic heterocycles. The summed E-state index contributed by atoms with van der Waals surface area (Å²) in [6, 6.07) is -1.55. The van der Waals surface area contributed by atoms with E-state index in [-0.39, 0.29) is 4.47 Å². The highest BCUT2D eigenvalue weighted by atomic mass is 32.1. The Morgan fingerprint density at radius 2 is 2.27 bits per heavy atom. The third kappa shape index (κ3) is 2.28. The molecule has 0 spiro atoms. The number of amides is 2. The van der Waals surface area contributed by atoms with E-state index in [0.717, 1.165) is 6.19 Å². The fraction of sp³-hybridized carbons (Fsp3) is 0. The van der Waals surface area contributed by atoms with Crippen molar-refractivity contribution >= 4 is 18.8 Å². The van der Waals surface area contributed by atoms with E-state index in [1.807, 2.05) is 0 Å². The third-order valence-electron chi connectivity index (χ3n) is 0.610. The van der Waals surface area contributed by atoms with Crippen LogP contribution in [-0.2, 0) is 0 Å². The van der Waals surface area contributed by atoms with Gasteiger partial charge >= 0.3 is 6.03 Å². The number of hydrogen-bond donors (Lipinski definition) is 2. The number of urea groups is 1. The molecule has 1 N–H and O–H groups in total. The molecule has 0 saturated heterocycles. The summed E-state index contributed by atoms with van der Waals surface area (Å²) < 4.78 is -0.369. The fourth-order valence-corrected chi connectivity index (χ4v) is 0.319. The summed E-state index contributed by atoms with van der Waals surface area (Å²) in [5, 5.41) is 24.2. The van der Waals surface area contributed by atoms with E-state index in [1.165, 1.54) is 0 Å². The predicted octanol–water partition coefficient (Wildman–Crippen LogP) is -0.383. The molecule has 2 amide bonds. The molecule has 0 radical (unpaired) electrons. The highest BCUT2D eigenvalue weighted by molar-refractivity contribution is 7.78. The van der Waals surface area contributed by atoms with Crippen LogP contribution < -0.4 is 0 Å². The molecule has 0 aliphatic heterocycles. The van der Waals surface area contributed by atoms with Crippen molar-refractivity contribution < 1.29 is 15.0 Å². The van der Waals surface area contributed by atoms with Crippen molar-refractivity contribution in [2.75, 3.05) is 0 Å². The number of nitrogens with zero attached hydrogens (tertiary/aromatic N) is 4. The predicted molar refractivity (Wildman–Crippen MR) is 32.5 cm³/mol. The number of hydrazine groups is 1. The Bertz CT molecular complexity index is 221. The minimum Gasteiger partial charge on any atom is -0.274 e. The first-order valence-corrected chi connectivity index (χ1v) is 2.46. The van der Waals surface area contributed by atoms with Crippen LogP contribution >= 0.6 is 12.8 Å². The van der Waals surface area contributed by atoms with Crippen molar-refractivity contribution in [3.05, 3.63) is 10.1 Å². The minimum atomic E-state index is -1.55. The summed E-state index contributed by atoms with van der Waals surface area (Å²) in [7, 11) is 0. The fourth-order valence-electron chi connectivity index (χ4n) is 0.234. The molecule has 11 heavy (non-hydrogen) atoms. The molecular weight excluding hydrogens is 176 g/mol. The number of carbonyl (C=O) groups excluding carboxylic acids is 1. The molecule has 9 heteroatoms. The van der Waals surface area contributed by atoms with Crippen LogP contribution in [0.25, 0.3) is 0 Å². The van der Waals surface area contributed by atoms with Gasteiger partial charge in [0.2, 0.25) is 0 Å².